The Bertz CT molecular complexity index is 1280. The molecular formula is C33H50N4O3. The summed E-state index contributed by atoms with van der Waals surface area (Å²) in [6, 6.07) is 0. The smallest absolute Gasteiger partial charge is 0.160 e. The molecule has 1 aromatic rings. The van der Waals surface area contributed by atoms with Crippen molar-refractivity contribution in [3.63, 3.8) is 0 Å². The number of ketones is 2. The van der Waals surface area contributed by atoms with Gasteiger partial charge < -0.3 is 5.11 Å². The molecule has 0 amide bonds. The Labute approximate surface area is 239 Å². The van der Waals surface area contributed by atoms with Gasteiger partial charge in [-0.1, -0.05) is 48.5 Å². The van der Waals surface area contributed by atoms with Gasteiger partial charge in [0.2, 0.25) is 0 Å². The molecule has 1 aromatic heterocycles. The number of rotatable bonds is 4. The van der Waals surface area contributed by atoms with E-state index in [0.29, 0.717) is 24.1 Å². The average Bonchev–Trinajstić information content (AvgIpc) is 3.42. The van der Waals surface area contributed by atoms with Crippen LogP contribution in [0.3, 0.4) is 0 Å². The average molecular weight is 551 g/mol. The number of carbonyl (C=O) groups is 2. The normalized spacial score (nSPS) is 44.2. The van der Waals surface area contributed by atoms with Crippen LogP contribution >= 0.6 is 0 Å². The Hall–Kier alpha value is -1.89. The van der Waals surface area contributed by atoms with Gasteiger partial charge in [-0.15, -0.1) is 5.10 Å². The van der Waals surface area contributed by atoms with Crippen LogP contribution in [-0.2, 0) is 23.1 Å². The number of hydrogen-bond acceptors (Lipinski definition) is 6. The maximum absolute atomic E-state index is 14.3. The Morgan fingerprint density at radius 1 is 0.975 bits per heavy atom. The van der Waals surface area contributed by atoms with Crippen molar-refractivity contribution in [2.24, 2.45) is 57.8 Å². The first-order valence-corrected chi connectivity index (χ1v) is 15.8. The lowest BCUT2D eigenvalue weighted by atomic mass is 9.33. The Morgan fingerprint density at radius 2 is 1.70 bits per heavy atom. The van der Waals surface area contributed by atoms with Gasteiger partial charge in [0, 0.05) is 13.5 Å². The summed E-state index contributed by atoms with van der Waals surface area (Å²) >= 11 is 0. The summed E-state index contributed by atoms with van der Waals surface area (Å²) in [5.74, 6) is 2.33. The van der Waals surface area contributed by atoms with Crippen molar-refractivity contribution in [3.05, 3.63) is 17.0 Å². The third-order valence-corrected chi connectivity index (χ3v) is 14.0. The number of fused-ring (bicyclic) bond motifs is 7. The number of aliphatic hydroxyl groups is 1. The minimum absolute atomic E-state index is 0.0281. The molecule has 4 saturated carbocycles. The maximum Gasteiger partial charge on any atom is 0.160 e. The fourth-order valence-corrected chi connectivity index (χ4v) is 11.7. The van der Waals surface area contributed by atoms with Crippen molar-refractivity contribution in [1.82, 2.24) is 20.2 Å². The number of tetrazole rings is 1. The van der Waals surface area contributed by atoms with Crippen molar-refractivity contribution < 1.29 is 14.7 Å². The fraction of sp³-hybridized carbons (Fsp3) is 0.848. The van der Waals surface area contributed by atoms with Crippen LogP contribution in [0, 0.1) is 50.7 Å². The molecule has 1 heterocycles. The number of aliphatic hydroxyl groups excluding tert-OH is 1. The van der Waals surface area contributed by atoms with Gasteiger partial charge in [-0.25, -0.2) is 4.68 Å². The molecule has 0 aromatic carbocycles. The zero-order valence-corrected chi connectivity index (χ0v) is 26.0. The van der Waals surface area contributed by atoms with Crippen molar-refractivity contribution in [3.8, 4) is 0 Å². The van der Waals surface area contributed by atoms with Crippen LogP contribution < -0.4 is 0 Å². The van der Waals surface area contributed by atoms with Crippen LogP contribution in [0.15, 0.2) is 11.1 Å². The van der Waals surface area contributed by atoms with Gasteiger partial charge >= 0.3 is 0 Å². The van der Waals surface area contributed by atoms with Crippen LogP contribution in [0.5, 0.6) is 0 Å². The molecule has 0 radical (unpaired) electrons. The number of carbonyl (C=O) groups excluding carboxylic acids is 2. The molecule has 0 bridgehead atoms. The summed E-state index contributed by atoms with van der Waals surface area (Å²) in [6.45, 7) is 16.5. The summed E-state index contributed by atoms with van der Waals surface area (Å²) in [4.78, 5) is 28.1. The van der Waals surface area contributed by atoms with E-state index in [1.54, 1.807) is 11.7 Å². The number of allylic oxidation sites excluding steroid dienone is 2. The third-order valence-electron chi connectivity index (χ3n) is 14.0. The van der Waals surface area contributed by atoms with Crippen molar-refractivity contribution in [1.29, 1.82) is 0 Å². The van der Waals surface area contributed by atoms with Crippen molar-refractivity contribution in [2.45, 2.75) is 119 Å². The van der Waals surface area contributed by atoms with Gasteiger partial charge in [-0.2, -0.15) is 0 Å². The molecule has 0 saturated heterocycles. The first-order valence-electron chi connectivity index (χ1n) is 15.8. The molecule has 7 heteroatoms. The molecular weight excluding hydrogens is 500 g/mol. The summed E-state index contributed by atoms with van der Waals surface area (Å²) < 4.78 is 1.58. The van der Waals surface area contributed by atoms with E-state index in [-0.39, 0.29) is 57.6 Å². The quantitative estimate of drug-likeness (QED) is 0.519. The van der Waals surface area contributed by atoms with E-state index < -0.39 is 5.41 Å². The lowest BCUT2D eigenvalue weighted by Crippen LogP contribution is -2.65. The van der Waals surface area contributed by atoms with E-state index in [0.717, 1.165) is 56.9 Å². The molecule has 8 atom stereocenters. The minimum atomic E-state index is -0.714. The highest BCUT2D eigenvalue weighted by atomic mass is 16.3. The standard InChI is InChI=1S/C33H50N4O3/c1-19(2)27-21(38)18-33(25(40)17-26-34-35-36-37(26)8)16-15-31(6)20(28(27)33)9-10-23-30(5)13-12-24(39)29(3,4)22(30)11-14-32(23,31)7/h19-20,22-24,39H,9-18H2,1-8H3/t20-,22+,23-,24+,30+,31-,32-,33+/m1/s1. The molecule has 4 fully saturated rings. The minimum Gasteiger partial charge on any atom is -0.393 e. The molecule has 5 aliphatic rings. The molecule has 0 spiro atoms. The van der Waals surface area contributed by atoms with E-state index in [4.69, 9.17) is 0 Å². The summed E-state index contributed by atoms with van der Waals surface area (Å²) in [7, 11) is 1.78. The molecule has 5 aliphatic carbocycles. The first kappa shape index (κ1) is 28.2. The van der Waals surface area contributed by atoms with Gasteiger partial charge in [0.15, 0.2) is 17.4 Å². The monoisotopic (exact) mass is 550 g/mol. The molecule has 0 unspecified atom stereocenters. The van der Waals surface area contributed by atoms with E-state index in [1.807, 2.05) is 0 Å². The highest BCUT2D eigenvalue weighted by Gasteiger charge is 2.70. The SMILES string of the molecule is CC(C)C1=C2[C@H]3CC[C@@H]4[C@@]5(C)CC[C@H](O)C(C)(C)[C@@H]5CC[C@@]4(C)[C@]3(C)CC[C@@]2(C(=O)Cc2nnnn2C)CC1=O. The van der Waals surface area contributed by atoms with E-state index in [1.165, 1.54) is 5.57 Å². The molecule has 0 aliphatic heterocycles. The van der Waals surface area contributed by atoms with E-state index in [2.05, 4.69) is 64.0 Å². The molecule has 6 rings (SSSR count). The number of Topliss-reactive ketones (excluding diaryl/α,β-unsaturated/α-hetero) is 2. The molecule has 7 nitrogen and oxygen atoms in total. The summed E-state index contributed by atoms with van der Waals surface area (Å²) in [5, 5.41) is 22.8. The third kappa shape index (κ3) is 3.42. The van der Waals surface area contributed by atoms with Crippen LogP contribution in [-0.4, -0.2) is 43.0 Å². The summed E-state index contributed by atoms with van der Waals surface area (Å²) in [5.41, 5.74) is 1.72. The predicted molar refractivity (Wildman–Crippen MR) is 153 cm³/mol. The van der Waals surface area contributed by atoms with Gasteiger partial charge in [0.25, 0.3) is 0 Å². The van der Waals surface area contributed by atoms with Gasteiger partial charge in [-0.05, 0) is 118 Å². The Morgan fingerprint density at radius 3 is 2.35 bits per heavy atom. The second-order valence-electron chi connectivity index (χ2n) is 16.0. The van der Waals surface area contributed by atoms with Gasteiger partial charge in [-0.3, -0.25) is 9.59 Å². The predicted octanol–water partition coefficient (Wildman–Crippen LogP) is 5.66. The van der Waals surface area contributed by atoms with Crippen LogP contribution in [0.2, 0.25) is 0 Å². The van der Waals surface area contributed by atoms with Crippen LogP contribution in [0.25, 0.3) is 0 Å². The molecule has 220 valence electrons. The lowest BCUT2D eigenvalue weighted by Gasteiger charge is -2.72. The zero-order valence-electron chi connectivity index (χ0n) is 26.0. The Kier molecular flexibility index (Phi) is 6.22. The van der Waals surface area contributed by atoms with Crippen LogP contribution in [0.1, 0.15) is 112 Å². The number of aryl methyl sites for hydroxylation is 1. The van der Waals surface area contributed by atoms with Crippen molar-refractivity contribution >= 4 is 11.6 Å². The number of aromatic nitrogens is 4. The largest absolute Gasteiger partial charge is 0.393 e. The highest BCUT2D eigenvalue weighted by Crippen LogP contribution is 2.76. The van der Waals surface area contributed by atoms with Crippen molar-refractivity contribution in [2.75, 3.05) is 0 Å². The van der Waals surface area contributed by atoms with E-state index >= 15 is 0 Å². The number of hydrogen-bond donors (Lipinski definition) is 1. The maximum atomic E-state index is 14.3. The fourth-order valence-electron chi connectivity index (χ4n) is 11.7. The van der Waals surface area contributed by atoms with Gasteiger partial charge in [0.1, 0.15) is 0 Å². The second-order valence-corrected chi connectivity index (χ2v) is 16.0. The molecule has 40 heavy (non-hydrogen) atoms. The zero-order chi connectivity index (χ0) is 29.0. The summed E-state index contributed by atoms with van der Waals surface area (Å²) in [6.07, 6.45) is 8.45. The highest BCUT2D eigenvalue weighted by molar-refractivity contribution is 6.07. The van der Waals surface area contributed by atoms with E-state index in [9.17, 15) is 14.7 Å². The molecule has 1 N–H and O–H groups in total. The number of nitrogens with zero attached hydrogens (tertiary/aromatic N) is 4. The van der Waals surface area contributed by atoms with Crippen LogP contribution in [0.4, 0.5) is 0 Å². The first-order chi connectivity index (χ1) is 18.6. The topological polar surface area (TPSA) is 98.0 Å². The lowest BCUT2D eigenvalue weighted by molar-refractivity contribution is -0.228. The van der Waals surface area contributed by atoms with Gasteiger partial charge in [0.05, 0.1) is 17.9 Å². The Balaban J connectivity index is 1.43. The second kappa shape index (κ2) is 8.81.